The van der Waals surface area contributed by atoms with E-state index in [0.717, 1.165) is 11.0 Å². The third-order valence-corrected chi connectivity index (χ3v) is 4.53. The van der Waals surface area contributed by atoms with Crippen molar-refractivity contribution in [2.45, 2.75) is 63.1 Å². The van der Waals surface area contributed by atoms with E-state index in [4.69, 9.17) is 20.4 Å². The number of unbranched alkanes of at least 4 members (excludes halogenated alkanes) is 3. The van der Waals surface area contributed by atoms with E-state index < -0.39 is 42.1 Å². The first-order valence-electron chi connectivity index (χ1n) is 9.28. The maximum atomic E-state index is 11.9. The van der Waals surface area contributed by atoms with Crippen molar-refractivity contribution >= 4 is 17.7 Å². The molecule has 1 aromatic rings. The molecule has 162 valence electrons. The van der Waals surface area contributed by atoms with Gasteiger partial charge in [-0.25, -0.2) is 10.3 Å². The largest absolute Gasteiger partial charge is 0.463 e. The van der Waals surface area contributed by atoms with Crippen molar-refractivity contribution in [1.82, 2.24) is 15.0 Å². The molecule has 1 fully saturated rings. The fourth-order valence-corrected chi connectivity index (χ4v) is 2.93. The summed E-state index contributed by atoms with van der Waals surface area (Å²) in [6.07, 6.45) is -0.667. The van der Waals surface area contributed by atoms with E-state index in [2.05, 4.69) is 4.98 Å². The average Bonchev–Trinajstić information content (AvgIpc) is 2.97. The Labute approximate surface area is 166 Å². The Morgan fingerprint density at radius 2 is 1.90 bits per heavy atom. The van der Waals surface area contributed by atoms with Crippen LogP contribution in [0.3, 0.4) is 0 Å². The first-order chi connectivity index (χ1) is 13.8. The summed E-state index contributed by atoms with van der Waals surface area (Å²) in [5.41, 5.74) is 6.23. The van der Waals surface area contributed by atoms with Gasteiger partial charge in [0.15, 0.2) is 6.23 Å². The lowest BCUT2D eigenvalue weighted by Gasteiger charge is -2.16. The lowest BCUT2D eigenvalue weighted by atomic mass is 10.1. The third-order valence-electron chi connectivity index (χ3n) is 4.53. The number of esters is 1. The summed E-state index contributed by atoms with van der Waals surface area (Å²) in [7, 11) is 0. The quantitative estimate of drug-likeness (QED) is 0.135. The maximum absolute atomic E-state index is 11.9. The lowest BCUT2D eigenvalue weighted by Crippen LogP contribution is -2.36. The molecular formula is C17H26N4O8. The zero-order valence-corrected chi connectivity index (χ0v) is 15.8. The van der Waals surface area contributed by atoms with Crippen LogP contribution in [0.4, 0.5) is 5.82 Å². The Morgan fingerprint density at radius 1 is 1.21 bits per heavy atom. The summed E-state index contributed by atoms with van der Waals surface area (Å²) in [4.78, 5) is 38.1. The van der Waals surface area contributed by atoms with Gasteiger partial charge in [0, 0.05) is 19.0 Å². The number of hydrogen-bond donors (Lipinski definition) is 5. The van der Waals surface area contributed by atoms with E-state index in [9.17, 15) is 24.6 Å². The summed E-state index contributed by atoms with van der Waals surface area (Å²) in [6, 6.07) is 1.35. The number of aliphatic hydroxyl groups excluding tert-OH is 2. The summed E-state index contributed by atoms with van der Waals surface area (Å²) in [5.74, 6) is -0.920. The second-order valence-corrected chi connectivity index (χ2v) is 6.72. The summed E-state index contributed by atoms with van der Waals surface area (Å²) in [6.45, 7) is -0.276. The molecule has 0 bridgehead atoms. The summed E-state index contributed by atoms with van der Waals surface area (Å²) in [5, 5.41) is 28.6. The van der Waals surface area contributed by atoms with Crippen molar-refractivity contribution in [3.05, 3.63) is 22.7 Å². The number of aromatic nitrogens is 2. The predicted octanol–water partition coefficient (Wildman–Crippen LogP) is -1.17. The summed E-state index contributed by atoms with van der Waals surface area (Å²) < 4.78 is 11.6. The van der Waals surface area contributed by atoms with Crippen molar-refractivity contribution in [2.75, 3.05) is 12.3 Å². The number of carbonyl (C=O) groups excluding carboxylic acids is 2. The van der Waals surface area contributed by atoms with Gasteiger partial charge in [-0.3, -0.25) is 19.4 Å². The highest BCUT2D eigenvalue weighted by atomic mass is 16.6. The molecule has 4 atom stereocenters. The maximum Gasteiger partial charge on any atom is 0.351 e. The van der Waals surface area contributed by atoms with Crippen molar-refractivity contribution in [1.29, 1.82) is 0 Å². The topological polar surface area (TPSA) is 186 Å². The summed E-state index contributed by atoms with van der Waals surface area (Å²) >= 11 is 0. The van der Waals surface area contributed by atoms with Crippen LogP contribution in [0.15, 0.2) is 17.1 Å². The molecule has 1 aliphatic heterocycles. The van der Waals surface area contributed by atoms with Gasteiger partial charge in [-0.15, -0.1) is 0 Å². The fraction of sp³-hybridized carbons (Fsp3) is 0.647. The van der Waals surface area contributed by atoms with Gasteiger partial charge in [-0.05, 0) is 18.9 Å². The molecular weight excluding hydrogens is 388 g/mol. The Kier molecular flexibility index (Phi) is 8.51. The number of hydroxylamine groups is 1. The monoisotopic (exact) mass is 414 g/mol. The molecule has 0 aromatic carbocycles. The molecule has 0 spiro atoms. The van der Waals surface area contributed by atoms with Gasteiger partial charge < -0.3 is 25.4 Å². The van der Waals surface area contributed by atoms with Gasteiger partial charge >= 0.3 is 11.7 Å². The molecule has 0 saturated carbocycles. The number of nitrogens with one attached hydrogen (secondary N) is 1. The minimum atomic E-state index is -1.40. The van der Waals surface area contributed by atoms with E-state index in [1.165, 1.54) is 12.3 Å². The number of amides is 1. The standard InChI is InChI=1S/C17H26N4O8/c18-11-7-8-21(17(26)19-11)16-15(25)14(24)10(29-16)9-28-13(23)6-4-2-1-3-5-12(22)20-27/h7-8,10,14-16,24-25,27H,1-6,9H2,(H,20,22)(H2,18,19,26)/t10-,14-,15-,16-/m1/s1. The van der Waals surface area contributed by atoms with Crippen LogP contribution in [-0.4, -0.2) is 61.8 Å². The molecule has 1 amide bonds. The molecule has 29 heavy (non-hydrogen) atoms. The molecule has 2 rings (SSSR count). The molecule has 0 aliphatic carbocycles. The first-order valence-corrected chi connectivity index (χ1v) is 9.28. The van der Waals surface area contributed by atoms with Crippen LogP contribution in [-0.2, 0) is 19.1 Å². The van der Waals surface area contributed by atoms with Crippen molar-refractivity contribution < 1.29 is 34.5 Å². The number of anilines is 1. The highest BCUT2D eigenvalue weighted by Crippen LogP contribution is 2.28. The Hall–Kier alpha value is -2.54. The zero-order valence-electron chi connectivity index (χ0n) is 15.8. The Bertz CT molecular complexity index is 755. The number of nitrogen functional groups attached to an aromatic ring is 1. The molecule has 1 aromatic heterocycles. The zero-order chi connectivity index (χ0) is 21.4. The molecule has 1 saturated heterocycles. The number of nitrogens with zero attached hydrogens (tertiary/aromatic N) is 2. The average molecular weight is 414 g/mol. The van der Waals surface area contributed by atoms with Crippen LogP contribution in [0.2, 0.25) is 0 Å². The molecule has 0 unspecified atom stereocenters. The van der Waals surface area contributed by atoms with E-state index >= 15 is 0 Å². The second kappa shape index (κ2) is 10.9. The fourth-order valence-electron chi connectivity index (χ4n) is 2.93. The Morgan fingerprint density at radius 3 is 2.55 bits per heavy atom. The smallest absolute Gasteiger partial charge is 0.351 e. The molecule has 12 heteroatoms. The van der Waals surface area contributed by atoms with Crippen molar-refractivity contribution in [3.8, 4) is 0 Å². The second-order valence-electron chi connectivity index (χ2n) is 6.72. The van der Waals surface area contributed by atoms with Gasteiger partial charge in [-0.1, -0.05) is 12.8 Å². The highest BCUT2D eigenvalue weighted by molar-refractivity contribution is 5.74. The van der Waals surface area contributed by atoms with Crippen LogP contribution < -0.4 is 16.9 Å². The van der Waals surface area contributed by atoms with Crippen LogP contribution in [0, 0.1) is 0 Å². The van der Waals surface area contributed by atoms with Crippen LogP contribution >= 0.6 is 0 Å². The molecule has 2 heterocycles. The van der Waals surface area contributed by atoms with E-state index in [1.54, 1.807) is 5.48 Å². The minimum Gasteiger partial charge on any atom is -0.463 e. The minimum absolute atomic E-state index is 0.0152. The van der Waals surface area contributed by atoms with Crippen LogP contribution in [0.25, 0.3) is 0 Å². The van der Waals surface area contributed by atoms with Crippen molar-refractivity contribution in [2.24, 2.45) is 0 Å². The molecule has 6 N–H and O–H groups in total. The lowest BCUT2D eigenvalue weighted by molar-refractivity contribution is -0.150. The number of nitrogens with two attached hydrogens (primary N) is 1. The number of carbonyl (C=O) groups is 2. The van der Waals surface area contributed by atoms with Gasteiger partial charge in [0.25, 0.3) is 0 Å². The highest BCUT2D eigenvalue weighted by Gasteiger charge is 2.44. The molecule has 0 radical (unpaired) electrons. The number of hydrogen-bond acceptors (Lipinski definition) is 10. The van der Waals surface area contributed by atoms with Gasteiger partial charge in [0.05, 0.1) is 0 Å². The van der Waals surface area contributed by atoms with Crippen molar-refractivity contribution in [3.63, 3.8) is 0 Å². The molecule has 12 nitrogen and oxygen atoms in total. The van der Waals surface area contributed by atoms with E-state index in [1.807, 2.05) is 0 Å². The number of rotatable bonds is 10. The molecule has 1 aliphatic rings. The van der Waals surface area contributed by atoms with E-state index in [0.29, 0.717) is 19.3 Å². The Balaban J connectivity index is 1.73. The van der Waals surface area contributed by atoms with Gasteiger partial charge in [0.1, 0.15) is 30.7 Å². The van der Waals surface area contributed by atoms with E-state index in [-0.39, 0.29) is 25.3 Å². The first kappa shape index (κ1) is 22.7. The third kappa shape index (κ3) is 6.49. The number of aliphatic hydroxyl groups is 2. The van der Waals surface area contributed by atoms with Crippen LogP contribution in [0.1, 0.15) is 44.8 Å². The predicted molar refractivity (Wildman–Crippen MR) is 97.4 cm³/mol. The number of ether oxygens (including phenoxy) is 2. The van der Waals surface area contributed by atoms with Crippen LogP contribution in [0.5, 0.6) is 0 Å². The van der Waals surface area contributed by atoms with Gasteiger partial charge in [-0.2, -0.15) is 4.98 Å². The van der Waals surface area contributed by atoms with Gasteiger partial charge in [0.2, 0.25) is 5.91 Å². The SMILES string of the molecule is Nc1ccn([C@@H]2O[C@H](COC(=O)CCCCCCC(=O)NO)[C@@H](O)[C@H]2O)c(=O)n1. The normalized spacial score (nSPS) is 23.7.